The number of furan rings is 3. The SMILES string of the molecule is CC(C)(C)[O-].NO.NS(=O)(=O)c1cc2c(o1)C1CCC(C1)C2=NO.NS(=O)(=O)c1cc2c(o1)C1CCC(C1)C2=O.O=C(Nc1c2c(cc3c1CCC3)CCC2)NS(=O)(=O)c1cc2c(o1)C1CCC(C1)C2=NO.[Na+]. The Morgan fingerprint density at radius 2 is 1.00 bits per heavy atom. The monoisotopic (exact) mass is 1080 g/mol. The molecule has 0 saturated heterocycles. The molecule has 3 aromatic heterocycles. The van der Waals surface area contributed by atoms with E-state index in [4.69, 9.17) is 33.9 Å². The molecule has 0 radical (unpaired) electrons. The molecule has 6 unspecified atom stereocenters. The molecule has 392 valence electrons. The number of amides is 2. The molecule has 26 heteroatoms. The van der Waals surface area contributed by atoms with Crippen LogP contribution >= 0.6 is 0 Å². The number of aryl methyl sites for hydroxylation is 2. The van der Waals surface area contributed by atoms with Crippen molar-refractivity contribution in [3.8, 4) is 0 Å². The summed E-state index contributed by atoms with van der Waals surface area (Å²) in [5, 5.41) is 53.8. The van der Waals surface area contributed by atoms with Gasteiger partial charge in [-0.2, -0.15) is 8.42 Å². The maximum atomic E-state index is 13.0. The van der Waals surface area contributed by atoms with Crippen LogP contribution in [0.15, 0.2) is 63.1 Å². The molecule has 3 heterocycles. The molecule has 4 aromatic rings. The van der Waals surface area contributed by atoms with Crippen molar-refractivity contribution in [1.82, 2.24) is 4.72 Å². The Bertz CT molecular complexity index is 3150. The number of carbonyl (C=O) groups is 2. The van der Waals surface area contributed by atoms with Crippen LogP contribution in [0.3, 0.4) is 0 Å². The number of Topliss-reactive ketones (excluding diaryl/α,β-unsaturated/α-hetero) is 1. The summed E-state index contributed by atoms with van der Waals surface area (Å²) in [6.45, 7) is 4.90. The first kappa shape index (κ1) is 56.3. The number of benzene rings is 1. The number of carbonyl (C=O) groups excluding carboxylic acids is 2. The van der Waals surface area contributed by atoms with Crippen molar-refractivity contribution >= 4 is 59.0 Å². The molecule has 0 spiro atoms. The molecular formula is C47H60N7NaO15S3. The molecule has 22 nitrogen and oxygen atoms in total. The van der Waals surface area contributed by atoms with Crippen LogP contribution in [0.5, 0.6) is 0 Å². The van der Waals surface area contributed by atoms with E-state index in [1.165, 1.54) is 29.3 Å². The van der Waals surface area contributed by atoms with Crippen molar-refractivity contribution in [1.29, 1.82) is 0 Å². The zero-order valence-electron chi connectivity index (χ0n) is 41.0. The number of hydrogen-bond acceptors (Lipinski definition) is 18. The number of anilines is 1. The van der Waals surface area contributed by atoms with Gasteiger partial charge in [-0.3, -0.25) is 4.79 Å². The van der Waals surface area contributed by atoms with Crippen LogP contribution in [-0.2, 0) is 55.8 Å². The van der Waals surface area contributed by atoms with Crippen molar-refractivity contribution in [3.63, 3.8) is 0 Å². The van der Waals surface area contributed by atoms with Crippen LogP contribution in [0.1, 0.15) is 170 Å². The maximum Gasteiger partial charge on any atom is 1.00 e. The second-order valence-corrected chi connectivity index (χ2v) is 25.1. The van der Waals surface area contributed by atoms with Gasteiger partial charge in [0.05, 0.1) is 17.0 Å². The summed E-state index contributed by atoms with van der Waals surface area (Å²) in [6.07, 6.45) is 13.7. The van der Waals surface area contributed by atoms with Crippen LogP contribution in [0.25, 0.3) is 0 Å². The van der Waals surface area contributed by atoms with E-state index in [9.17, 15) is 45.2 Å². The topological polar surface area (TPSA) is 387 Å². The third kappa shape index (κ3) is 11.7. The standard InChI is InChI=1S/C23H25N3O5S.C10H12N2O4S.C10H11NO4S.C4H9O.H3NO.Na/c27-23(24-21-16-5-1-3-12(16)9-13-4-2-6-17(13)21)26-32(29,30)19-11-18-20(25-28)14-7-8-15(10-14)22(18)31-19;11-17(14,15)8-4-7-9(12-13)5-1-2-6(3-5)10(7)16-8;11-16(13,14)8-4-7-9(12)5-1-2-6(3-5)10(7)15-8;1-4(2,3)5;1-2;/h9,11,14-15,28H,1-8,10H2,(H2,24,26,27);4-6,13H,1-3H2,(H2,11,14,15);4-6H,1-3H2,(H2,11,13,14);1-3H3;2H,1H2;/q;;;-1;;+1. The number of primary sulfonamides is 2. The zero-order valence-corrected chi connectivity index (χ0v) is 45.4. The minimum absolute atomic E-state index is 0. The number of urea groups is 1. The first-order valence-electron chi connectivity index (χ1n) is 23.8. The predicted octanol–water partition coefficient (Wildman–Crippen LogP) is 2.34. The van der Waals surface area contributed by atoms with Crippen LogP contribution in [0.2, 0.25) is 0 Å². The summed E-state index contributed by atoms with van der Waals surface area (Å²) >= 11 is 0. The molecule has 73 heavy (non-hydrogen) atoms. The maximum absolute atomic E-state index is 13.0. The van der Waals surface area contributed by atoms with E-state index in [1.54, 1.807) is 20.8 Å². The summed E-state index contributed by atoms with van der Waals surface area (Å²) in [6, 6.07) is 5.49. The van der Waals surface area contributed by atoms with E-state index in [-0.39, 0.29) is 86.1 Å². The number of hydrogen-bond donors (Lipinski definition) is 8. The Labute approximate surface area is 445 Å². The third-order valence-electron chi connectivity index (χ3n) is 14.6. The number of sulfonamides is 3. The van der Waals surface area contributed by atoms with E-state index in [2.05, 4.69) is 32.3 Å². The minimum Gasteiger partial charge on any atom is -0.850 e. The smallest absolute Gasteiger partial charge is 0.850 e. The van der Waals surface area contributed by atoms with Gasteiger partial charge in [0.15, 0.2) is 5.78 Å². The van der Waals surface area contributed by atoms with Crippen molar-refractivity contribution in [2.24, 2.45) is 44.2 Å². The zero-order chi connectivity index (χ0) is 52.2. The summed E-state index contributed by atoms with van der Waals surface area (Å²) in [5.74, 6) is 6.03. The number of nitrogens with one attached hydrogen (secondary N) is 2. The predicted molar refractivity (Wildman–Crippen MR) is 256 cm³/mol. The van der Waals surface area contributed by atoms with Crippen molar-refractivity contribution in [2.45, 2.75) is 156 Å². The van der Waals surface area contributed by atoms with Gasteiger partial charge in [-0.15, -0.1) is 5.60 Å². The van der Waals surface area contributed by atoms with Gasteiger partial charge in [0.25, 0.3) is 30.1 Å². The Hall–Kier alpha value is -4.41. The average Bonchev–Trinajstić information content (AvgIpc) is 4.15. The molecule has 11 N–H and O–H groups in total. The first-order chi connectivity index (χ1) is 33.9. The summed E-state index contributed by atoms with van der Waals surface area (Å²) < 4.78 is 89.0. The van der Waals surface area contributed by atoms with E-state index >= 15 is 0 Å². The van der Waals surface area contributed by atoms with Crippen molar-refractivity contribution < 1.29 is 98.4 Å². The first-order valence-corrected chi connectivity index (χ1v) is 28.4. The Kier molecular flexibility index (Phi) is 16.7. The summed E-state index contributed by atoms with van der Waals surface area (Å²) in [4.78, 5) is 24.7. The fourth-order valence-electron chi connectivity index (χ4n) is 11.7. The quantitative estimate of drug-likeness (QED) is 0.0808. The largest absolute Gasteiger partial charge is 1.00 e. The van der Waals surface area contributed by atoms with Crippen LogP contribution in [0.4, 0.5) is 10.5 Å². The van der Waals surface area contributed by atoms with Gasteiger partial charge in [-0.25, -0.2) is 42.5 Å². The Morgan fingerprint density at radius 1 is 0.630 bits per heavy atom. The van der Waals surface area contributed by atoms with Gasteiger partial charge in [0.1, 0.15) is 17.3 Å². The second kappa shape index (κ2) is 21.7. The van der Waals surface area contributed by atoms with E-state index in [1.807, 2.05) is 0 Å². The van der Waals surface area contributed by atoms with Gasteiger partial charge >= 0.3 is 35.6 Å². The molecule has 2 amide bonds. The molecule has 8 aliphatic rings. The molecule has 12 rings (SSSR count). The Balaban J connectivity index is 0.000000161. The van der Waals surface area contributed by atoms with Crippen LogP contribution in [0, 0.1) is 17.8 Å². The van der Waals surface area contributed by atoms with Gasteiger partial charge in [-0.05, 0) is 119 Å². The number of fused-ring (bicyclic) bond motifs is 14. The molecule has 0 aliphatic heterocycles. The summed E-state index contributed by atoms with van der Waals surface area (Å²) in [7, 11) is -11.9. The molecule has 3 fully saturated rings. The van der Waals surface area contributed by atoms with Crippen molar-refractivity contribution in [2.75, 3.05) is 5.32 Å². The average molecular weight is 1080 g/mol. The molecule has 8 aliphatic carbocycles. The molecule has 1 aromatic carbocycles. The second-order valence-electron chi connectivity index (χ2n) is 20.5. The molecular weight excluding hydrogens is 1020 g/mol. The number of nitrogens with two attached hydrogens (primary N) is 3. The Morgan fingerprint density at radius 3 is 1.44 bits per heavy atom. The van der Waals surface area contributed by atoms with Crippen molar-refractivity contribution in [3.05, 3.63) is 80.5 Å². The van der Waals surface area contributed by atoms with Gasteiger partial charge < -0.3 is 39.3 Å². The normalized spacial score (nSPS) is 24.6. The van der Waals surface area contributed by atoms with E-state index in [0.29, 0.717) is 45.4 Å². The molecule has 3 saturated carbocycles. The van der Waals surface area contributed by atoms with Gasteiger partial charge in [-0.1, -0.05) is 37.1 Å². The number of nitrogens with zero attached hydrogens (tertiary/aromatic N) is 2. The van der Waals surface area contributed by atoms with Gasteiger partial charge in [0.2, 0.25) is 15.3 Å². The fourth-order valence-corrected chi connectivity index (χ4v) is 13.5. The number of ketones is 1. The molecule has 6 atom stereocenters. The van der Waals surface area contributed by atoms with E-state index in [0.717, 1.165) is 113 Å². The van der Waals surface area contributed by atoms with Crippen LogP contribution in [-0.4, -0.2) is 69.7 Å². The summed E-state index contributed by atoms with van der Waals surface area (Å²) in [5.41, 5.74) is 7.35. The molecule has 6 bridgehead atoms. The fraction of sp³-hybridized carbons (Fsp3) is 0.532. The third-order valence-corrected chi connectivity index (χ3v) is 17.3. The minimum atomic E-state index is -4.22. The van der Waals surface area contributed by atoms with Gasteiger partial charge in [0, 0.05) is 70.5 Å². The van der Waals surface area contributed by atoms with E-state index < -0.39 is 41.7 Å². The van der Waals surface area contributed by atoms with Crippen LogP contribution < -0.4 is 60.9 Å². The number of rotatable bonds is 5. The number of oxime groups is 2.